The molecule has 0 amide bonds. The van der Waals surface area contributed by atoms with Gasteiger partial charge in [0, 0.05) is 25.7 Å². The third-order valence-corrected chi connectivity index (χ3v) is 5.15. The Bertz CT molecular complexity index is 836. The Labute approximate surface area is 140 Å². The monoisotopic (exact) mass is 350 g/mol. The van der Waals surface area contributed by atoms with Gasteiger partial charge in [0.25, 0.3) is 5.69 Å². The van der Waals surface area contributed by atoms with Crippen LogP contribution in [0.1, 0.15) is 12.5 Å². The molecule has 0 fully saturated rings. The van der Waals surface area contributed by atoms with E-state index in [9.17, 15) is 18.5 Å². The van der Waals surface area contributed by atoms with Crippen molar-refractivity contribution in [3.63, 3.8) is 0 Å². The number of sulfonamides is 1. The summed E-state index contributed by atoms with van der Waals surface area (Å²) in [5.74, 6) is 0.663. The average molecular weight is 350 g/mol. The highest BCUT2D eigenvalue weighted by molar-refractivity contribution is 7.89. The lowest BCUT2D eigenvalue weighted by atomic mass is 10.2. The van der Waals surface area contributed by atoms with Crippen LogP contribution in [0.3, 0.4) is 0 Å². The number of rotatable bonds is 7. The first kappa shape index (κ1) is 17.9. The molecular formula is C16H18N2O5S. The van der Waals surface area contributed by atoms with Gasteiger partial charge in [-0.25, -0.2) is 8.42 Å². The van der Waals surface area contributed by atoms with Gasteiger partial charge in [-0.2, -0.15) is 4.31 Å². The van der Waals surface area contributed by atoms with Crippen LogP contribution in [0.4, 0.5) is 5.69 Å². The minimum atomic E-state index is -3.83. The predicted molar refractivity (Wildman–Crippen MR) is 89.4 cm³/mol. The first-order chi connectivity index (χ1) is 11.3. The van der Waals surface area contributed by atoms with E-state index in [4.69, 9.17) is 4.74 Å². The molecule has 0 N–H and O–H groups in total. The molecule has 128 valence electrons. The highest BCUT2D eigenvalue weighted by Gasteiger charge is 2.23. The van der Waals surface area contributed by atoms with Crippen molar-refractivity contribution in [3.05, 3.63) is 64.2 Å². The molecule has 24 heavy (non-hydrogen) atoms. The van der Waals surface area contributed by atoms with E-state index in [0.717, 1.165) is 15.9 Å². The number of hydrogen-bond acceptors (Lipinski definition) is 5. The van der Waals surface area contributed by atoms with E-state index in [0.29, 0.717) is 12.4 Å². The highest BCUT2D eigenvalue weighted by Crippen LogP contribution is 2.22. The molecular weight excluding hydrogens is 332 g/mol. The Hall–Kier alpha value is -2.45. The third kappa shape index (κ3) is 4.09. The van der Waals surface area contributed by atoms with Crippen LogP contribution in [0.15, 0.2) is 53.4 Å². The molecule has 0 saturated carbocycles. The van der Waals surface area contributed by atoms with Gasteiger partial charge in [0.1, 0.15) is 5.75 Å². The maximum Gasteiger partial charge on any atom is 0.270 e. The van der Waals surface area contributed by atoms with Crippen molar-refractivity contribution < 1.29 is 18.1 Å². The first-order valence-electron chi connectivity index (χ1n) is 7.27. The van der Waals surface area contributed by atoms with Crippen LogP contribution in [0.5, 0.6) is 5.75 Å². The Balaban J connectivity index is 2.24. The molecule has 2 aromatic rings. The Morgan fingerprint density at radius 2 is 1.88 bits per heavy atom. The van der Waals surface area contributed by atoms with Gasteiger partial charge in [0.15, 0.2) is 0 Å². The minimum Gasteiger partial charge on any atom is -0.494 e. The summed E-state index contributed by atoms with van der Waals surface area (Å²) in [7, 11) is -2.40. The van der Waals surface area contributed by atoms with Gasteiger partial charge in [0.2, 0.25) is 10.0 Å². The number of nitrogens with zero attached hydrogens (tertiary/aromatic N) is 2. The van der Waals surface area contributed by atoms with E-state index in [2.05, 4.69) is 0 Å². The highest BCUT2D eigenvalue weighted by atomic mass is 32.2. The summed E-state index contributed by atoms with van der Waals surface area (Å²) in [6.45, 7) is 2.52. The average Bonchev–Trinajstić information content (AvgIpc) is 2.55. The van der Waals surface area contributed by atoms with Crippen molar-refractivity contribution in [2.45, 2.75) is 18.4 Å². The fraction of sp³-hybridized carbons (Fsp3) is 0.250. The summed E-state index contributed by atoms with van der Waals surface area (Å²) >= 11 is 0. The molecule has 0 aliphatic rings. The van der Waals surface area contributed by atoms with Crippen molar-refractivity contribution in [2.75, 3.05) is 13.7 Å². The summed E-state index contributed by atoms with van der Waals surface area (Å²) in [4.78, 5) is 10.1. The molecule has 2 rings (SSSR count). The Kier molecular flexibility index (Phi) is 5.53. The Morgan fingerprint density at radius 3 is 2.54 bits per heavy atom. The zero-order valence-corrected chi connectivity index (χ0v) is 14.2. The van der Waals surface area contributed by atoms with Crippen molar-refractivity contribution in [2.24, 2.45) is 0 Å². The second-order valence-corrected chi connectivity index (χ2v) is 7.14. The molecule has 0 radical (unpaired) electrons. The van der Waals surface area contributed by atoms with Crippen LogP contribution < -0.4 is 4.74 Å². The molecule has 0 spiro atoms. The summed E-state index contributed by atoms with van der Waals surface area (Å²) in [5.41, 5.74) is 0.500. The lowest BCUT2D eigenvalue weighted by Crippen LogP contribution is -2.26. The number of nitro benzene ring substituents is 1. The van der Waals surface area contributed by atoms with Gasteiger partial charge >= 0.3 is 0 Å². The van der Waals surface area contributed by atoms with Gasteiger partial charge in [-0.15, -0.1) is 0 Å². The zero-order chi connectivity index (χ0) is 17.7. The second-order valence-electron chi connectivity index (χ2n) is 5.10. The summed E-state index contributed by atoms with van der Waals surface area (Å²) < 4.78 is 31.7. The number of nitro groups is 1. The molecule has 0 atom stereocenters. The molecule has 0 bridgehead atoms. The predicted octanol–water partition coefficient (Wildman–Crippen LogP) is 2.81. The molecule has 0 saturated heterocycles. The molecule has 7 nitrogen and oxygen atoms in total. The van der Waals surface area contributed by atoms with E-state index in [1.54, 1.807) is 24.3 Å². The zero-order valence-electron chi connectivity index (χ0n) is 13.4. The molecule has 2 aromatic carbocycles. The number of ether oxygens (including phenoxy) is 1. The van der Waals surface area contributed by atoms with Crippen molar-refractivity contribution in [3.8, 4) is 5.75 Å². The van der Waals surface area contributed by atoms with Crippen LogP contribution in [0.2, 0.25) is 0 Å². The van der Waals surface area contributed by atoms with Gasteiger partial charge in [-0.05, 0) is 30.7 Å². The molecule has 0 aliphatic carbocycles. The summed E-state index contributed by atoms with van der Waals surface area (Å²) in [6.07, 6.45) is 0. The number of hydrogen-bond donors (Lipinski definition) is 0. The van der Waals surface area contributed by atoms with E-state index < -0.39 is 14.9 Å². The smallest absolute Gasteiger partial charge is 0.270 e. The molecule has 0 heterocycles. The number of non-ortho nitro benzene ring substituents is 1. The maximum absolute atomic E-state index is 12.6. The van der Waals surface area contributed by atoms with Gasteiger partial charge < -0.3 is 4.74 Å². The van der Waals surface area contributed by atoms with Crippen LogP contribution in [0, 0.1) is 10.1 Å². The maximum atomic E-state index is 12.6. The van der Waals surface area contributed by atoms with Crippen molar-refractivity contribution >= 4 is 15.7 Å². The van der Waals surface area contributed by atoms with Crippen LogP contribution >= 0.6 is 0 Å². The summed E-state index contributed by atoms with van der Waals surface area (Å²) in [6, 6.07) is 12.2. The normalized spacial score (nSPS) is 11.5. The molecule has 0 aromatic heterocycles. The molecule has 0 unspecified atom stereocenters. The van der Waals surface area contributed by atoms with E-state index in [1.165, 1.54) is 25.2 Å². The van der Waals surface area contributed by atoms with Gasteiger partial charge in [-0.1, -0.05) is 18.2 Å². The Morgan fingerprint density at radius 1 is 1.17 bits per heavy atom. The van der Waals surface area contributed by atoms with Gasteiger partial charge in [0.05, 0.1) is 16.4 Å². The fourth-order valence-electron chi connectivity index (χ4n) is 2.18. The van der Waals surface area contributed by atoms with E-state index in [-0.39, 0.29) is 17.1 Å². The topological polar surface area (TPSA) is 89.8 Å². The lowest BCUT2D eigenvalue weighted by Gasteiger charge is -2.17. The van der Waals surface area contributed by atoms with Crippen LogP contribution in [-0.2, 0) is 16.6 Å². The fourth-order valence-corrected chi connectivity index (χ4v) is 3.38. The third-order valence-electron chi connectivity index (χ3n) is 3.35. The quantitative estimate of drug-likeness (QED) is 0.566. The number of benzene rings is 2. The van der Waals surface area contributed by atoms with Crippen molar-refractivity contribution in [1.29, 1.82) is 0 Å². The van der Waals surface area contributed by atoms with Gasteiger partial charge in [-0.3, -0.25) is 10.1 Å². The SMILES string of the molecule is CCOc1cccc(CN(C)S(=O)(=O)c2cccc([N+](=O)[O-])c2)c1. The van der Waals surface area contributed by atoms with Crippen LogP contribution in [0.25, 0.3) is 0 Å². The standard InChI is InChI=1S/C16H18N2O5S/c1-3-23-15-8-4-6-13(10-15)12-17(2)24(21,22)16-9-5-7-14(11-16)18(19)20/h4-11H,3,12H2,1-2H3. The molecule has 8 heteroatoms. The minimum absolute atomic E-state index is 0.111. The van der Waals surface area contributed by atoms with Crippen LogP contribution in [-0.4, -0.2) is 31.3 Å². The van der Waals surface area contributed by atoms with Crippen molar-refractivity contribution in [1.82, 2.24) is 4.31 Å². The second kappa shape index (κ2) is 7.41. The molecule has 0 aliphatic heterocycles. The first-order valence-corrected chi connectivity index (χ1v) is 8.71. The van der Waals surface area contributed by atoms with E-state index in [1.807, 2.05) is 6.92 Å². The summed E-state index contributed by atoms with van der Waals surface area (Å²) in [5, 5.41) is 10.8. The van der Waals surface area contributed by atoms with E-state index >= 15 is 0 Å². The largest absolute Gasteiger partial charge is 0.494 e. The lowest BCUT2D eigenvalue weighted by molar-refractivity contribution is -0.385.